The average Bonchev–Trinajstić information content (AvgIpc) is 2.99. The first kappa shape index (κ1) is 21.3. The molecule has 0 radical (unpaired) electrons. The van der Waals surface area contributed by atoms with Crippen LogP contribution < -0.4 is 15.6 Å². The summed E-state index contributed by atoms with van der Waals surface area (Å²) in [5.41, 5.74) is 5.21. The van der Waals surface area contributed by atoms with E-state index in [4.69, 9.17) is 11.6 Å². The normalized spacial score (nSPS) is 18.8. The number of carbonyl (C=O) groups is 3. The monoisotopic (exact) mass is 418 g/mol. The Kier molecular flexibility index (Phi) is 6.59. The van der Waals surface area contributed by atoms with Gasteiger partial charge >= 0.3 is 0 Å². The van der Waals surface area contributed by atoms with Crippen LogP contribution in [0, 0.1) is 0 Å². The fourth-order valence-corrected chi connectivity index (χ4v) is 3.70. The molecule has 2 N–H and O–H groups in total. The minimum absolute atomic E-state index is 0.0984. The number of benzene rings is 1. The molecule has 3 amide bonds. The first-order valence-corrected chi connectivity index (χ1v) is 10.3. The molecule has 0 bridgehead atoms. The Morgan fingerprint density at radius 2 is 1.83 bits per heavy atom. The van der Waals surface area contributed by atoms with Crippen molar-refractivity contribution in [3.05, 3.63) is 34.4 Å². The maximum absolute atomic E-state index is 12.6. The first-order chi connectivity index (χ1) is 13.8. The van der Waals surface area contributed by atoms with Gasteiger partial charge in [0.15, 0.2) is 0 Å². The van der Waals surface area contributed by atoms with E-state index in [1.807, 2.05) is 18.9 Å². The highest BCUT2D eigenvalue weighted by Crippen LogP contribution is 2.33. The largest absolute Gasteiger partial charge is 0.373 e. The maximum Gasteiger partial charge on any atom is 0.261 e. The average molecular weight is 419 g/mol. The third-order valence-corrected chi connectivity index (χ3v) is 5.57. The van der Waals surface area contributed by atoms with Gasteiger partial charge in [0.25, 0.3) is 11.8 Å². The number of rotatable bonds is 5. The minimum Gasteiger partial charge on any atom is -0.373 e. The van der Waals surface area contributed by atoms with Crippen LogP contribution in [0.2, 0.25) is 5.02 Å². The number of allylic oxidation sites excluding steroid dienone is 1. The highest BCUT2D eigenvalue weighted by molar-refractivity contribution is 6.34. The molecule has 2 saturated heterocycles. The molecule has 1 unspecified atom stereocenters. The Hall–Kier alpha value is -2.38. The van der Waals surface area contributed by atoms with Crippen LogP contribution >= 0.6 is 11.6 Å². The van der Waals surface area contributed by atoms with Crippen molar-refractivity contribution in [2.75, 3.05) is 23.3 Å². The molecule has 2 fully saturated rings. The zero-order chi connectivity index (χ0) is 21.1. The summed E-state index contributed by atoms with van der Waals surface area (Å²) in [5, 5.41) is 5.44. The molecule has 1 aromatic carbocycles. The summed E-state index contributed by atoms with van der Waals surface area (Å²) < 4.78 is 0. The predicted octanol–water partition coefficient (Wildman–Crippen LogP) is 3.26. The summed E-state index contributed by atoms with van der Waals surface area (Å²) in [6, 6.07) is 4.35. The van der Waals surface area contributed by atoms with Crippen LogP contribution in [0.1, 0.15) is 46.5 Å². The van der Waals surface area contributed by atoms with Gasteiger partial charge in [0, 0.05) is 18.7 Å². The molecule has 3 rings (SSSR count). The quantitative estimate of drug-likeness (QED) is 0.566. The van der Waals surface area contributed by atoms with Crippen molar-refractivity contribution in [2.45, 2.75) is 52.5 Å². The fourth-order valence-electron chi connectivity index (χ4n) is 3.53. The second-order valence-electron chi connectivity index (χ2n) is 7.74. The van der Waals surface area contributed by atoms with Crippen LogP contribution in [-0.4, -0.2) is 41.9 Å². The SMILES string of the molecule is CC(C)=C1CC(=O)N(c2ccc(Cl)c(NC(C)C(=O)NN3CCCCC3)c2)C1=O. The van der Waals surface area contributed by atoms with Gasteiger partial charge in [0.2, 0.25) is 5.91 Å². The summed E-state index contributed by atoms with van der Waals surface area (Å²) in [6.45, 7) is 7.08. The van der Waals surface area contributed by atoms with E-state index in [-0.39, 0.29) is 24.1 Å². The lowest BCUT2D eigenvalue weighted by molar-refractivity contribution is -0.127. The number of imide groups is 1. The lowest BCUT2D eigenvalue weighted by Crippen LogP contribution is -2.49. The number of amides is 3. The number of anilines is 2. The van der Waals surface area contributed by atoms with Crippen molar-refractivity contribution in [1.29, 1.82) is 0 Å². The van der Waals surface area contributed by atoms with Crippen LogP contribution in [0.3, 0.4) is 0 Å². The highest BCUT2D eigenvalue weighted by Gasteiger charge is 2.35. The molecular weight excluding hydrogens is 392 g/mol. The Morgan fingerprint density at radius 3 is 2.45 bits per heavy atom. The Bertz CT molecular complexity index is 857. The molecule has 1 atom stereocenters. The molecule has 156 valence electrons. The van der Waals surface area contributed by atoms with E-state index in [1.54, 1.807) is 25.1 Å². The Morgan fingerprint density at radius 1 is 1.14 bits per heavy atom. The van der Waals surface area contributed by atoms with Crippen molar-refractivity contribution in [2.24, 2.45) is 0 Å². The molecule has 2 aliphatic heterocycles. The lowest BCUT2D eigenvalue weighted by atomic mass is 10.1. The van der Waals surface area contributed by atoms with Gasteiger partial charge in [0.1, 0.15) is 6.04 Å². The van der Waals surface area contributed by atoms with Crippen molar-refractivity contribution in [3.63, 3.8) is 0 Å². The van der Waals surface area contributed by atoms with E-state index in [9.17, 15) is 14.4 Å². The van der Waals surface area contributed by atoms with Crippen LogP contribution in [-0.2, 0) is 14.4 Å². The van der Waals surface area contributed by atoms with Gasteiger partial charge in [-0.25, -0.2) is 9.91 Å². The van der Waals surface area contributed by atoms with Crippen molar-refractivity contribution < 1.29 is 14.4 Å². The van der Waals surface area contributed by atoms with Crippen LogP contribution in [0.25, 0.3) is 0 Å². The van der Waals surface area contributed by atoms with Gasteiger partial charge in [0.05, 0.1) is 22.8 Å². The molecule has 0 aromatic heterocycles. The molecule has 2 heterocycles. The van der Waals surface area contributed by atoms with E-state index in [2.05, 4.69) is 10.7 Å². The summed E-state index contributed by atoms with van der Waals surface area (Å²) in [4.78, 5) is 38.7. The number of hydrogen-bond acceptors (Lipinski definition) is 5. The minimum atomic E-state index is -0.539. The van der Waals surface area contributed by atoms with E-state index >= 15 is 0 Å². The second kappa shape index (κ2) is 8.97. The van der Waals surface area contributed by atoms with E-state index in [0.29, 0.717) is 22.0 Å². The van der Waals surface area contributed by atoms with Gasteiger partial charge in [-0.3, -0.25) is 19.8 Å². The summed E-state index contributed by atoms with van der Waals surface area (Å²) in [7, 11) is 0. The summed E-state index contributed by atoms with van der Waals surface area (Å²) in [6.07, 6.45) is 3.43. The van der Waals surface area contributed by atoms with E-state index in [0.717, 1.165) is 31.5 Å². The summed E-state index contributed by atoms with van der Waals surface area (Å²) >= 11 is 6.29. The smallest absolute Gasteiger partial charge is 0.261 e. The topological polar surface area (TPSA) is 81.8 Å². The number of hydrogen-bond donors (Lipinski definition) is 2. The molecule has 2 aliphatic rings. The molecule has 0 spiro atoms. The number of carbonyl (C=O) groups excluding carboxylic acids is 3. The highest BCUT2D eigenvalue weighted by atomic mass is 35.5. The summed E-state index contributed by atoms with van der Waals surface area (Å²) in [5.74, 6) is -0.733. The van der Waals surface area contributed by atoms with Gasteiger partial charge < -0.3 is 5.32 Å². The zero-order valence-electron chi connectivity index (χ0n) is 17.0. The standard InChI is InChI=1S/C21H27ClN4O3/c1-13(2)16-12-19(27)26(21(16)29)15-7-8-17(22)18(11-15)23-14(3)20(28)24-25-9-5-4-6-10-25/h7-8,11,14,23H,4-6,9-10,12H2,1-3H3,(H,24,28). The van der Waals surface area contributed by atoms with Crippen LogP contribution in [0.15, 0.2) is 29.3 Å². The molecule has 8 heteroatoms. The third-order valence-electron chi connectivity index (χ3n) is 5.24. The Labute approximate surface area is 176 Å². The number of nitrogens with zero attached hydrogens (tertiary/aromatic N) is 2. The molecule has 29 heavy (non-hydrogen) atoms. The fraction of sp³-hybridized carbons (Fsp3) is 0.476. The van der Waals surface area contributed by atoms with Crippen LogP contribution in [0.5, 0.6) is 0 Å². The van der Waals surface area contributed by atoms with Crippen LogP contribution in [0.4, 0.5) is 11.4 Å². The number of halogens is 1. The van der Waals surface area contributed by atoms with Gasteiger partial charge in [-0.15, -0.1) is 0 Å². The van der Waals surface area contributed by atoms with Crippen molar-refractivity contribution >= 4 is 40.7 Å². The predicted molar refractivity (Wildman–Crippen MR) is 114 cm³/mol. The second-order valence-corrected chi connectivity index (χ2v) is 8.15. The zero-order valence-corrected chi connectivity index (χ0v) is 17.8. The molecule has 0 aliphatic carbocycles. The van der Waals surface area contributed by atoms with E-state index < -0.39 is 6.04 Å². The Balaban J connectivity index is 1.74. The third kappa shape index (κ3) is 4.79. The van der Waals surface area contributed by atoms with Gasteiger partial charge in [-0.05, 0) is 51.8 Å². The molecule has 7 nitrogen and oxygen atoms in total. The molecule has 0 saturated carbocycles. The maximum atomic E-state index is 12.6. The molecular formula is C21H27ClN4O3. The first-order valence-electron chi connectivity index (χ1n) is 9.93. The number of hydrazine groups is 1. The van der Waals surface area contributed by atoms with Gasteiger partial charge in [-0.2, -0.15) is 0 Å². The van der Waals surface area contributed by atoms with Gasteiger partial charge in [-0.1, -0.05) is 23.6 Å². The van der Waals surface area contributed by atoms with Crippen molar-refractivity contribution in [3.8, 4) is 0 Å². The molecule has 1 aromatic rings. The van der Waals surface area contributed by atoms with Crippen molar-refractivity contribution in [1.82, 2.24) is 10.4 Å². The van der Waals surface area contributed by atoms with E-state index in [1.165, 1.54) is 11.3 Å². The lowest BCUT2D eigenvalue weighted by Gasteiger charge is -2.28. The number of piperidine rings is 1. The number of nitrogens with one attached hydrogen (secondary N) is 2.